The Morgan fingerprint density at radius 3 is 2.73 bits per heavy atom. The summed E-state index contributed by atoms with van der Waals surface area (Å²) < 4.78 is 60.2. The number of benzene rings is 1. The van der Waals surface area contributed by atoms with Gasteiger partial charge in [0.25, 0.3) is 0 Å². The molecule has 1 aliphatic heterocycles. The summed E-state index contributed by atoms with van der Waals surface area (Å²) in [6.07, 6.45) is -2.74. The third-order valence-electron chi connectivity index (χ3n) is 4.62. The van der Waals surface area contributed by atoms with Gasteiger partial charge in [-0.1, -0.05) is 6.07 Å². The third kappa shape index (κ3) is 6.07. The number of nitrogens with zero attached hydrogens (tertiary/aromatic N) is 3. The summed E-state index contributed by atoms with van der Waals surface area (Å²) in [5, 5.41) is 15.7. The van der Waals surface area contributed by atoms with Gasteiger partial charge in [0.05, 0.1) is 25.5 Å². The molecule has 0 bridgehead atoms. The van der Waals surface area contributed by atoms with Crippen LogP contribution in [0.25, 0.3) is 0 Å². The molecule has 0 saturated carbocycles. The molecule has 30 heavy (non-hydrogen) atoms. The van der Waals surface area contributed by atoms with Gasteiger partial charge in [-0.05, 0) is 17.7 Å². The number of amides is 1. The number of H-pyrrole nitrogens is 1. The largest absolute Gasteiger partial charge is 0.573 e. The predicted octanol–water partition coefficient (Wildman–Crippen LogP) is 2.83. The summed E-state index contributed by atoms with van der Waals surface area (Å²) in [6.45, 7) is 1.54. The maximum atomic E-state index is 14.0. The molecule has 1 saturated heterocycles. The summed E-state index contributed by atoms with van der Waals surface area (Å²) in [5.74, 6) is -2.02. The quantitative estimate of drug-likeness (QED) is 0.654. The minimum atomic E-state index is -4.98. The highest BCUT2D eigenvalue weighted by Gasteiger charge is 2.33. The van der Waals surface area contributed by atoms with Gasteiger partial charge in [0.2, 0.25) is 0 Å². The van der Waals surface area contributed by atoms with Crippen LogP contribution in [0, 0.1) is 5.82 Å². The number of hydrogen-bond donors (Lipinski definition) is 2. The number of piperazine rings is 1. The summed E-state index contributed by atoms with van der Waals surface area (Å²) in [7, 11) is 0. The second-order valence-electron chi connectivity index (χ2n) is 6.79. The monoisotopic (exact) mass is 432 g/mol. The molecule has 1 aliphatic rings. The molecule has 0 spiro atoms. The van der Waals surface area contributed by atoms with Gasteiger partial charge in [0, 0.05) is 37.9 Å². The zero-order valence-electron chi connectivity index (χ0n) is 15.7. The molecule has 1 atom stereocenters. The molecule has 8 nitrogen and oxygen atoms in total. The number of ether oxygens (including phenoxy) is 2. The van der Waals surface area contributed by atoms with E-state index in [1.54, 1.807) is 12.4 Å². The Morgan fingerprint density at radius 2 is 2.10 bits per heavy atom. The van der Waals surface area contributed by atoms with E-state index in [-0.39, 0.29) is 38.9 Å². The first-order valence-electron chi connectivity index (χ1n) is 9.03. The number of halogens is 4. The van der Waals surface area contributed by atoms with Gasteiger partial charge in [0.1, 0.15) is 0 Å². The molecule has 2 heterocycles. The SMILES string of the molecule is O=C(O)N1CCN(Cc2ccc(OC(F)(F)F)c(F)c2)[C@@H](COCc2cn[nH]c2)C1. The lowest BCUT2D eigenvalue weighted by molar-refractivity contribution is -0.275. The van der Waals surface area contributed by atoms with Crippen molar-refractivity contribution >= 4 is 6.09 Å². The van der Waals surface area contributed by atoms with Crippen molar-refractivity contribution in [2.45, 2.75) is 25.6 Å². The predicted molar refractivity (Wildman–Crippen MR) is 95.1 cm³/mol. The molecule has 3 rings (SSSR count). The van der Waals surface area contributed by atoms with Crippen molar-refractivity contribution in [1.82, 2.24) is 20.0 Å². The molecule has 1 fully saturated rings. The summed E-state index contributed by atoms with van der Waals surface area (Å²) in [4.78, 5) is 14.5. The zero-order chi connectivity index (χ0) is 21.7. The highest BCUT2D eigenvalue weighted by Crippen LogP contribution is 2.27. The van der Waals surface area contributed by atoms with Crippen LogP contribution in [0.4, 0.5) is 22.4 Å². The van der Waals surface area contributed by atoms with E-state index in [0.29, 0.717) is 12.1 Å². The van der Waals surface area contributed by atoms with E-state index in [1.807, 2.05) is 4.90 Å². The molecule has 0 unspecified atom stereocenters. The highest BCUT2D eigenvalue weighted by atomic mass is 19.4. The maximum absolute atomic E-state index is 14.0. The van der Waals surface area contributed by atoms with E-state index in [9.17, 15) is 27.5 Å². The minimum Gasteiger partial charge on any atom is -0.465 e. The lowest BCUT2D eigenvalue weighted by Gasteiger charge is -2.40. The van der Waals surface area contributed by atoms with E-state index in [0.717, 1.165) is 17.7 Å². The lowest BCUT2D eigenvalue weighted by Crippen LogP contribution is -2.55. The Hall–Kier alpha value is -2.86. The number of aromatic amines is 1. The number of nitrogens with one attached hydrogen (secondary N) is 1. The number of hydrogen-bond acceptors (Lipinski definition) is 5. The topological polar surface area (TPSA) is 90.9 Å². The van der Waals surface area contributed by atoms with Crippen LogP contribution in [-0.2, 0) is 17.9 Å². The molecule has 1 amide bonds. The number of alkyl halides is 3. The van der Waals surface area contributed by atoms with Crippen LogP contribution in [0.15, 0.2) is 30.6 Å². The van der Waals surface area contributed by atoms with Crippen LogP contribution in [0.3, 0.4) is 0 Å². The Kier molecular flexibility index (Phi) is 6.77. The highest BCUT2D eigenvalue weighted by molar-refractivity contribution is 5.65. The molecular weight excluding hydrogens is 412 g/mol. The molecule has 1 aromatic carbocycles. The van der Waals surface area contributed by atoms with Crippen LogP contribution >= 0.6 is 0 Å². The second kappa shape index (κ2) is 9.30. The van der Waals surface area contributed by atoms with Gasteiger partial charge in [-0.3, -0.25) is 10.00 Å². The summed E-state index contributed by atoms with van der Waals surface area (Å²) >= 11 is 0. The Balaban J connectivity index is 1.65. The number of aromatic nitrogens is 2. The van der Waals surface area contributed by atoms with E-state index >= 15 is 0 Å². The van der Waals surface area contributed by atoms with E-state index in [2.05, 4.69) is 14.9 Å². The van der Waals surface area contributed by atoms with Gasteiger partial charge in [-0.15, -0.1) is 13.2 Å². The number of carbonyl (C=O) groups is 1. The van der Waals surface area contributed by atoms with E-state index < -0.39 is 24.0 Å². The van der Waals surface area contributed by atoms with Crippen LogP contribution in [0.5, 0.6) is 5.75 Å². The normalized spacial score (nSPS) is 17.9. The molecule has 0 radical (unpaired) electrons. The van der Waals surface area contributed by atoms with Crippen molar-refractivity contribution in [2.75, 3.05) is 26.2 Å². The van der Waals surface area contributed by atoms with Gasteiger partial charge >= 0.3 is 12.5 Å². The maximum Gasteiger partial charge on any atom is 0.573 e. The van der Waals surface area contributed by atoms with Gasteiger partial charge < -0.3 is 19.5 Å². The van der Waals surface area contributed by atoms with Crippen LogP contribution in [0.1, 0.15) is 11.1 Å². The molecule has 12 heteroatoms. The third-order valence-corrected chi connectivity index (χ3v) is 4.62. The molecule has 0 aliphatic carbocycles. The Bertz CT molecular complexity index is 847. The Morgan fingerprint density at radius 1 is 1.30 bits per heavy atom. The fourth-order valence-corrected chi connectivity index (χ4v) is 3.19. The first-order chi connectivity index (χ1) is 14.2. The average molecular weight is 432 g/mol. The molecular formula is C18H20F4N4O4. The summed E-state index contributed by atoms with van der Waals surface area (Å²) in [5.41, 5.74) is 1.26. The van der Waals surface area contributed by atoms with Crippen molar-refractivity contribution in [3.63, 3.8) is 0 Å². The number of carboxylic acid groups (broad SMARTS) is 1. The van der Waals surface area contributed by atoms with Crippen LogP contribution in [-0.4, -0.2) is 69.8 Å². The van der Waals surface area contributed by atoms with Crippen molar-refractivity contribution in [2.24, 2.45) is 0 Å². The molecule has 2 aromatic rings. The first-order valence-corrected chi connectivity index (χ1v) is 9.03. The summed E-state index contributed by atoms with van der Waals surface area (Å²) in [6, 6.07) is 2.94. The smallest absolute Gasteiger partial charge is 0.465 e. The fourth-order valence-electron chi connectivity index (χ4n) is 3.19. The first kappa shape index (κ1) is 21.8. The second-order valence-corrected chi connectivity index (χ2v) is 6.79. The van der Waals surface area contributed by atoms with Gasteiger partial charge in [0.15, 0.2) is 11.6 Å². The lowest BCUT2D eigenvalue weighted by atomic mass is 10.1. The fraction of sp³-hybridized carbons (Fsp3) is 0.444. The van der Waals surface area contributed by atoms with E-state index in [1.165, 1.54) is 11.0 Å². The number of rotatable bonds is 7. The van der Waals surface area contributed by atoms with Crippen molar-refractivity contribution < 1.29 is 36.9 Å². The van der Waals surface area contributed by atoms with Gasteiger partial charge in [-0.2, -0.15) is 5.10 Å². The van der Waals surface area contributed by atoms with Crippen LogP contribution < -0.4 is 4.74 Å². The Labute approximate surface area is 169 Å². The van der Waals surface area contributed by atoms with Crippen molar-refractivity contribution in [3.05, 3.63) is 47.5 Å². The molecule has 2 N–H and O–H groups in total. The standard InChI is InChI=1S/C18H20F4N4O4/c19-15-5-12(1-2-16(15)30-18(20,21)22)8-25-3-4-26(17(27)28)9-14(25)11-29-10-13-6-23-24-7-13/h1-2,5-7,14H,3-4,8-11H2,(H,23,24)(H,27,28)/t14-/m1/s1. The molecule has 164 valence electrons. The van der Waals surface area contributed by atoms with Crippen molar-refractivity contribution in [1.29, 1.82) is 0 Å². The van der Waals surface area contributed by atoms with E-state index in [4.69, 9.17) is 4.74 Å². The zero-order valence-corrected chi connectivity index (χ0v) is 15.7. The minimum absolute atomic E-state index is 0.193. The average Bonchev–Trinajstić information content (AvgIpc) is 3.17. The van der Waals surface area contributed by atoms with Crippen molar-refractivity contribution in [3.8, 4) is 5.75 Å². The van der Waals surface area contributed by atoms with Crippen LogP contribution in [0.2, 0.25) is 0 Å². The molecule has 1 aromatic heterocycles. The van der Waals surface area contributed by atoms with Gasteiger partial charge in [-0.25, -0.2) is 9.18 Å².